The minimum absolute atomic E-state index is 0.0562. The molecule has 1 amide bonds. The molecule has 23 heavy (non-hydrogen) atoms. The van der Waals surface area contributed by atoms with E-state index in [2.05, 4.69) is 22.4 Å². The van der Waals surface area contributed by atoms with E-state index in [1.54, 1.807) is 17.0 Å². The van der Waals surface area contributed by atoms with Crippen molar-refractivity contribution in [2.75, 3.05) is 18.5 Å². The van der Waals surface area contributed by atoms with Crippen molar-refractivity contribution in [2.24, 2.45) is 0 Å². The van der Waals surface area contributed by atoms with Crippen molar-refractivity contribution < 1.29 is 9.32 Å². The quantitative estimate of drug-likeness (QED) is 0.909. The Balaban J connectivity index is 1.71. The van der Waals surface area contributed by atoms with Gasteiger partial charge in [-0.2, -0.15) is 4.98 Å². The molecule has 0 bridgehead atoms. The van der Waals surface area contributed by atoms with Crippen LogP contribution in [-0.2, 0) is 11.2 Å². The lowest BCUT2D eigenvalue weighted by Crippen LogP contribution is -2.24. The third-order valence-corrected chi connectivity index (χ3v) is 4.33. The number of nitrogens with one attached hydrogen (secondary N) is 1. The van der Waals surface area contributed by atoms with E-state index in [-0.39, 0.29) is 17.9 Å². The van der Waals surface area contributed by atoms with Gasteiger partial charge in [0.15, 0.2) is 5.82 Å². The van der Waals surface area contributed by atoms with E-state index in [1.807, 2.05) is 19.2 Å². The summed E-state index contributed by atoms with van der Waals surface area (Å²) in [5.41, 5.74) is 0.838. The molecule has 2 heterocycles. The fraction of sp³-hybridized carbons (Fsp3) is 0.438. The zero-order chi connectivity index (χ0) is 16.4. The molecule has 1 aliphatic heterocycles. The van der Waals surface area contributed by atoms with Crippen molar-refractivity contribution in [3.8, 4) is 0 Å². The molecule has 1 saturated heterocycles. The van der Waals surface area contributed by atoms with Crippen molar-refractivity contribution in [2.45, 2.75) is 31.7 Å². The van der Waals surface area contributed by atoms with E-state index >= 15 is 0 Å². The van der Waals surface area contributed by atoms with Crippen LogP contribution in [0.3, 0.4) is 0 Å². The first-order chi connectivity index (χ1) is 11.1. The average Bonchev–Trinajstić information content (AvgIpc) is 3.15. The second-order valence-electron chi connectivity index (χ2n) is 5.82. The van der Waals surface area contributed by atoms with Crippen LogP contribution in [0.15, 0.2) is 28.8 Å². The Morgan fingerprint density at radius 3 is 2.87 bits per heavy atom. The summed E-state index contributed by atoms with van der Waals surface area (Å²) in [6.45, 7) is 2.60. The number of anilines is 1. The molecule has 7 heteroatoms. The highest BCUT2D eigenvalue weighted by molar-refractivity contribution is 6.30. The summed E-state index contributed by atoms with van der Waals surface area (Å²) in [5, 5.41) is 7.80. The van der Waals surface area contributed by atoms with Crippen LogP contribution in [-0.4, -0.2) is 35.7 Å². The lowest BCUT2D eigenvalue weighted by atomic mass is 10.1. The van der Waals surface area contributed by atoms with E-state index in [4.69, 9.17) is 16.1 Å². The van der Waals surface area contributed by atoms with Crippen LogP contribution in [0.5, 0.6) is 0 Å². The Labute approximate surface area is 139 Å². The first kappa shape index (κ1) is 16.0. The number of hydrogen-bond donors (Lipinski definition) is 1. The Morgan fingerprint density at radius 1 is 1.43 bits per heavy atom. The maximum absolute atomic E-state index is 12.3. The number of halogens is 1. The largest absolute Gasteiger partial charge is 0.339 e. The summed E-state index contributed by atoms with van der Waals surface area (Å²) in [6.07, 6.45) is 1.08. The van der Waals surface area contributed by atoms with Crippen LogP contribution >= 0.6 is 11.6 Å². The van der Waals surface area contributed by atoms with E-state index < -0.39 is 0 Å². The van der Waals surface area contributed by atoms with Crippen LogP contribution in [0.25, 0.3) is 0 Å². The van der Waals surface area contributed by atoms with E-state index in [0.717, 1.165) is 5.69 Å². The number of nitrogens with zero attached hydrogens (tertiary/aromatic N) is 3. The Hall–Kier alpha value is -1.92. The zero-order valence-corrected chi connectivity index (χ0v) is 13.9. The topological polar surface area (TPSA) is 71.3 Å². The second kappa shape index (κ2) is 6.68. The van der Waals surface area contributed by atoms with Crippen molar-refractivity contribution in [1.29, 1.82) is 0 Å². The number of rotatable bonds is 5. The van der Waals surface area contributed by atoms with Gasteiger partial charge in [0.1, 0.15) is 0 Å². The monoisotopic (exact) mass is 334 g/mol. The molecule has 2 aromatic rings. The molecule has 2 atom stereocenters. The van der Waals surface area contributed by atoms with Crippen LogP contribution in [0.1, 0.15) is 31.0 Å². The normalized spacial score (nSPS) is 19.3. The summed E-state index contributed by atoms with van der Waals surface area (Å²) < 4.78 is 5.36. The van der Waals surface area contributed by atoms with Crippen LogP contribution < -0.4 is 10.2 Å². The number of carbonyl (C=O) groups excluding carboxylic acids is 1. The van der Waals surface area contributed by atoms with Gasteiger partial charge in [0.25, 0.3) is 0 Å². The van der Waals surface area contributed by atoms with Gasteiger partial charge < -0.3 is 14.7 Å². The van der Waals surface area contributed by atoms with Crippen molar-refractivity contribution >= 4 is 23.2 Å². The summed E-state index contributed by atoms with van der Waals surface area (Å²) >= 11 is 5.89. The Morgan fingerprint density at radius 2 is 2.17 bits per heavy atom. The molecule has 122 valence electrons. The maximum Gasteiger partial charge on any atom is 0.232 e. The van der Waals surface area contributed by atoms with Gasteiger partial charge in [0.2, 0.25) is 11.8 Å². The first-order valence-electron chi connectivity index (χ1n) is 7.62. The van der Waals surface area contributed by atoms with Gasteiger partial charge in [0, 0.05) is 36.1 Å². The van der Waals surface area contributed by atoms with Crippen LogP contribution in [0, 0.1) is 0 Å². The lowest BCUT2D eigenvalue weighted by Gasteiger charge is -2.15. The van der Waals surface area contributed by atoms with Crippen molar-refractivity contribution in [3.05, 3.63) is 41.0 Å². The maximum atomic E-state index is 12.3. The van der Waals surface area contributed by atoms with Gasteiger partial charge in [-0.15, -0.1) is 0 Å². The SMILES string of the molecule is CNC(C)Cc1noc(C2CC(=O)N(c3ccc(Cl)cc3)C2)n1. The molecular formula is C16H19ClN4O2. The minimum atomic E-state index is -0.0654. The number of carbonyl (C=O) groups is 1. The van der Waals surface area contributed by atoms with Crippen LogP contribution in [0.4, 0.5) is 5.69 Å². The molecule has 0 saturated carbocycles. The average molecular weight is 335 g/mol. The van der Waals surface area contributed by atoms with E-state index in [1.165, 1.54) is 0 Å². The molecule has 0 spiro atoms. The first-order valence-corrected chi connectivity index (χ1v) is 8.00. The Bertz CT molecular complexity index is 686. The third-order valence-electron chi connectivity index (χ3n) is 4.08. The summed E-state index contributed by atoms with van der Waals surface area (Å²) in [7, 11) is 1.89. The fourth-order valence-corrected chi connectivity index (χ4v) is 2.76. The highest BCUT2D eigenvalue weighted by Crippen LogP contribution is 2.31. The molecule has 0 radical (unpaired) electrons. The van der Waals surface area contributed by atoms with E-state index in [0.29, 0.717) is 36.1 Å². The number of hydrogen-bond acceptors (Lipinski definition) is 5. The third kappa shape index (κ3) is 3.54. The van der Waals surface area contributed by atoms with Gasteiger partial charge in [-0.3, -0.25) is 4.79 Å². The predicted molar refractivity (Wildman–Crippen MR) is 87.7 cm³/mol. The highest BCUT2D eigenvalue weighted by atomic mass is 35.5. The summed E-state index contributed by atoms with van der Waals surface area (Å²) in [5.74, 6) is 1.19. The van der Waals surface area contributed by atoms with Gasteiger partial charge in [-0.05, 0) is 38.2 Å². The number of amides is 1. The summed E-state index contributed by atoms with van der Waals surface area (Å²) in [6, 6.07) is 7.52. The molecule has 6 nitrogen and oxygen atoms in total. The van der Waals surface area contributed by atoms with Crippen molar-refractivity contribution in [1.82, 2.24) is 15.5 Å². The molecule has 1 aromatic heterocycles. The second-order valence-corrected chi connectivity index (χ2v) is 6.26. The minimum Gasteiger partial charge on any atom is -0.339 e. The highest BCUT2D eigenvalue weighted by Gasteiger charge is 2.35. The molecule has 1 aliphatic rings. The molecule has 1 N–H and O–H groups in total. The van der Waals surface area contributed by atoms with Crippen molar-refractivity contribution in [3.63, 3.8) is 0 Å². The molecular weight excluding hydrogens is 316 g/mol. The lowest BCUT2D eigenvalue weighted by molar-refractivity contribution is -0.117. The smallest absolute Gasteiger partial charge is 0.232 e. The molecule has 3 rings (SSSR count). The van der Waals surface area contributed by atoms with Gasteiger partial charge in [0.05, 0.1) is 5.92 Å². The zero-order valence-electron chi connectivity index (χ0n) is 13.1. The van der Waals surface area contributed by atoms with Gasteiger partial charge in [-0.1, -0.05) is 16.8 Å². The number of likely N-dealkylation sites (N-methyl/N-ethyl adjacent to an activating group) is 1. The molecule has 1 aromatic carbocycles. The summed E-state index contributed by atoms with van der Waals surface area (Å²) in [4.78, 5) is 18.4. The molecule has 2 unspecified atom stereocenters. The number of aromatic nitrogens is 2. The number of benzene rings is 1. The van der Waals surface area contributed by atoms with Crippen LogP contribution in [0.2, 0.25) is 5.02 Å². The standard InChI is InChI=1S/C16H19ClN4O2/c1-10(18-2)7-14-19-16(23-20-14)11-8-15(22)21(9-11)13-5-3-12(17)4-6-13/h3-6,10-11,18H,7-9H2,1-2H3. The fourth-order valence-electron chi connectivity index (χ4n) is 2.64. The van der Waals surface area contributed by atoms with E-state index in [9.17, 15) is 4.79 Å². The molecule has 0 aliphatic carbocycles. The van der Waals surface area contributed by atoms with Gasteiger partial charge >= 0.3 is 0 Å². The van der Waals surface area contributed by atoms with Gasteiger partial charge in [-0.25, -0.2) is 0 Å². The Kier molecular flexibility index (Phi) is 4.63. The predicted octanol–water partition coefficient (Wildman–Crippen LogP) is 2.39. The molecule has 1 fully saturated rings.